The minimum atomic E-state index is -0.153. The number of nitrogens with one attached hydrogen (secondary N) is 2. The molecular weight excluding hydrogens is 234 g/mol. The van der Waals surface area contributed by atoms with Gasteiger partial charge in [0.05, 0.1) is 11.4 Å². The van der Waals surface area contributed by atoms with Gasteiger partial charge in [-0.25, -0.2) is 0 Å². The monoisotopic (exact) mass is 251 g/mol. The predicted molar refractivity (Wildman–Crippen MR) is 72.6 cm³/mol. The number of hydrogen-bond acceptors (Lipinski definition) is 4. The van der Waals surface area contributed by atoms with Gasteiger partial charge in [0.15, 0.2) is 0 Å². The van der Waals surface area contributed by atoms with Crippen molar-refractivity contribution >= 4 is 29.0 Å². The van der Waals surface area contributed by atoms with E-state index in [4.69, 9.17) is 5.73 Å². The van der Waals surface area contributed by atoms with Crippen LogP contribution in [0.2, 0.25) is 0 Å². The normalized spacial score (nSPS) is 15.1. The van der Waals surface area contributed by atoms with E-state index in [-0.39, 0.29) is 11.4 Å². The molecule has 0 fully saturated rings. The maximum Gasteiger partial charge on any atom is 0.234 e. The van der Waals surface area contributed by atoms with Gasteiger partial charge < -0.3 is 16.4 Å². The maximum atomic E-state index is 11.3. The summed E-state index contributed by atoms with van der Waals surface area (Å²) in [5.74, 6) is 0.548. The number of thioether (sulfide) groups is 1. The van der Waals surface area contributed by atoms with Crippen molar-refractivity contribution in [2.45, 2.75) is 24.3 Å². The standard InChI is InChI=1S/C12H17N3OS/c1-12(2,7-13)15-8-3-4-10-9(5-8)14-11(16)6-17-10/h3-5,15H,6-7,13H2,1-2H3,(H,14,16). The number of carbonyl (C=O) groups excluding carboxylic acids is 1. The average molecular weight is 251 g/mol. The third-order valence-electron chi connectivity index (χ3n) is 2.61. The van der Waals surface area contributed by atoms with Crippen LogP contribution in [0.15, 0.2) is 23.1 Å². The highest BCUT2D eigenvalue weighted by atomic mass is 32.2. The Labute approximate surface area is 105 Å². The van der Waals surface area contributed by atoms with Crippen LogP contribution in [0.5, 0.6) is 0 Å². The molecule has 0 atom stereocenters. The van der Waals surface area contributed by atoms with Crippen LogP contribution in [-0.4, -0.2) is 23.7 Å². The van der Waals surface area contributed by atoms with Crippen LogP contribution < -0.4 is 16.4 Å². The number of carbonyl (C=O) groups is 1. The minimum absolute atomic E-state index is 0.0535. The molecule has 0 aliphatic carbocycles. The van der Waals surface area contributed by atoms with Crippen LogP contribution in [0.4, 0.5) is 11.4 Å². The summed E-state index contributed by atoms with van der Waals surface area (Å²) in [6.07, 6.45) is 0. The summed E-state index contributed by atoms with van der Waals surface area (Å²) in [6.45, 7) is 4.63. The molecule has 0 spiro atoms. The van der Waals surface area contributed by atoms with E-state index in [9.17, 15) is 4.79 Å². The molecule has 0 unspecified atom stereocenters. The van der Waals surface area contributed by atoms with Crippen molar-refractivity contribution in [3.8, 4) is 0 Å². The van der Waals surface area contributed by atoms with Gasteiger partial charge in [-0.3, -0.25) is 4.79 Å². The van der Waals surface area contributed by atoms with Crippen LogP contribution in [0.1, 0.15) is 13.8 Å². The Kier molecular flexibility index (Phi) is 3.31. The molecule has 92 valence electrons. The second-order valence-electron chi connectivity index (χ2n) is 4.76. The van der Waals surface area contributed by atoms with Crippen molar-refractivity contribution in [3.05, 3.63) is 18.2 Å². The Bertz CT molecular complexity index is 445. The summed E-state index contributed by atoms with van der Waals surface area (Å²) in [4.78, 5) is 12.4. The Morgan fingerprint density at radius 3 is 3.00 bits per heavy atom. The van der Waals surface area contributed by atoms with Crippen molar-refractivity contribution in [3.63, 3.8) is 0 Å². The van der Waals surface area contributed by atoms with E-state index in [0.29, 0.717) is 12.3 Å². The molecule has 1 aliphatic rings. The van der Waals surface area contributed by atoms with Crippen LogP contribution in [0, 0.1) is 0 Å². The Morgan fingerprint density at radius 2 is 2.29 bits per heavy atom. The van der Waals surface area contributed by atoms with Crippen molar-refractivity contribution < 1.29 is 4.79 Å². The van der Waals surface area contributed by atoms with Gasteiger partial charge in [-0.05, 0) is 32.0 Å². The van der Waals surface area contributed by atoms with E-state index in [1.807, 2.05) is 32.0 Å². The number of rotatable bonds is 3. The molecule has 1 heterocycles. The molecule has 2 rings (SSSR count). The van der Waals surface area contributed by atoms with E-state index >= 15 is 0 Å². The molecule has 0 aromatic heterocycles. The number of benzene rings is 1. The molecule has 1 aliphatic heterocycles. The number of nitrogens with two attached hydrogens (primary N) is 1. The fourth-order valence-corrected chi connectivity index (χ4v) is 2.39. The lowest BCUT2D eigenvalue weighted by atomic mass is 10.1. The molecule has 1 amide bonds. The Balaban J connectivity index is 2.21. The first kappa shape index (κ1) is 12.3. The van der Waals surface area contributed by atoms with Gasteiger partial charge in [0.25, 0.3) is 0 Å². The second kappa shape index (κ2) is 4.58. The van der Waals surface area contributed by atoms with Gasteiger partial charge in [-0.2, -0.15) is 0 Å². The predicted octanol–water partition coefficient (Wildman–Crippen LogP) is 1.88. The quantitative estimate of drug-likeness (QED) is 0.767. The fraction of sp³-hybridized carbons (Fsp3) is 0.417. The van der Waals surface area contributed by atoms with Gasteiger partial charge in [-0.15, -0.1) is 11.8 Å². The van der Waals surface area contributed by atoms with E-state index in [2.05, 4.69) is 10.6 Å². The fourth-order valence-electron chi connectivity index (χ4n) is 1.60. The van der Waals surface area contributed by atoms with Gasteiger partial charge in [-0.1, -0.05) is 0 Å². The van der Waals surface area contributed by atoms with Crippen molar-refractivity contribution in [2.24, 2.45) is 5.73 Å². The molecule has 4 N–H and O–H groups in total. The van der Waals surface area contributed by atoms with Gasteiger partial charge in [0, 0.05) is 22.7 Å². The third kappa shape index (κ3) is 2.92. The van der Waals surface area contributed by atoms with Gasteiger partial charge in [0.1, 0.15) is 0 Å². The molecule has 17 heavy (non-hydrogen) atoms. The largest absolute Gasteiger partial charge is 0.379 e. The number of anilines is 2. The summed E-state index contributed by atoms with van der Waals surface area (Å²) in [7, 11) is 0. The molecule has 4 nitrogen and oxygen atoms in total. The Hall–Kier alpha value is -1.20. The summed E-state index contributed by atoms with van der Waals surface area (Å²) in [5, 5.41) is 6.22. The van der Waals surface area contributed by atoms with Crippen LogP contribution in [0.3, 0.4) is 0 Å². The average Bonchev–Trinajstić information content (AvgIpc) is 2.28. The maximum absolute atomic E-state index is 11.3. The summed E-state index contributed by atoms with van der Waals surface area (Å²) >= 11 is 1.56. The molecule has 5 heteroatoms. The zero-order chi connectivity index (χ0) is 12.5. The zero-order valence-corrected chi connectivity index (χ0v) is 10.9. The lowest BCUT2D eigenvalue weighted by molar-refractivity contribution is -0.113. The molecule has 0 radical (unpaired) electrons. The van der Waals surface area contributed by atoms with Gasteiger partial charge >= 0.3 is 0 Å². The van der Waals surface area contributed by atoms with E-state index in [0.717, 1.165) is 16.3 Å². The van der Waals surface area contributed by atoms with Crippen molar-refractivity contribution in [2.75, 3.05) is 22.9 Å². The molecule has 0 saturated carbocycles. The first-order chi connectivity index (χ1) is 8.00. The van der Waals surface area contributed by atoms with E-state index < -0.39 is 0 Å². The smallest absolute Gasteiger partial charge is 0.234 e. The molecule has 0 saturated heterocycles. The van der Waals surface area contributed by atoms with Crippen molar-refractivity contribution in [1.82, 2.24) is 0 Å². The zero-order valence-electron chi connectivity index (χ0n) is 10.0. The molecule has 1 aromatic carbocycles. The number of hydrogen-bond donors (Lipinski definition) is 3. The first-order valence-electron chi connectivity index (χ1n) is 5.55. The second-order valence-corrected chi connectivity index (χ2v) is 5.78. The molecule has 0 bridgehead atoms. The summed E-state index contributed by atoms with van der Waals surface area (Å²) in [5.41, 5.74) is 7.38. The van der Waals surface area contributed by atoms with Crippen LogP contribution >= 0.6 is 11.8 Å². The number of amides is 1. The first-order valence-corrected chi connectivity index (χ1v) is 6.54. The summed E-state index contributed by atoms with van der Waals surface area (Å²) in [6, 6.07) is 5.99. The highest BCUT2D eigenvalue weighted by molar-refractivity contribution is 8.00. The summed E-state index contributed by atoms with van der Waals surface area (Å²) < 4.78 is 0. The lowest BCUT2D eigenvalue weighted by Crippen LogP contribution is -2.39. The minimum Gasteiger partial charge on any atom is -0.379 e. The highest BCUT2D eigenvalue weighted by Crippen LogP contribution is 2.33. The lowest BCUT2D eigenvalue weighted by Gasteiger charge is -2.26. The molecule has 1 aromatic rings. The third-order valence-corrected chi connectivity index (χ3v) is 3.68. The molecular formula is C12H17N3OS. The number of fused-ring (bicyclic) bond motifs is 1. The van der Waals surface area contributed by atoms with Crippen molar-refractivity contribution in [1.29, 1.82) is 0 Å². The van der Waals surface area contributed by atoms with E-state index in [1.165, 1.54) is 0 Å². The van der Waals surface area contributed by atoms with Crippen LogP contribution in [0.25, 0.3) is 0 Å². The highest BCUT2D eigenvalue weighted by Gasteiger charge is 2.18. The topological polar surface area (TPSA) is 67.2 Å². The SMILES string of the molecule is CC(C)(CN)Nc1ccc2c(c1)NC(=O)CS2. The van der Waals surface area contributed by atoms with E-state index in [1.54, 1.807) is 11.8 Å². The Morgan fingerprint density at radius 1 is 1.53 bits per heavy atom. The van der Waals surface area contributed by atoms with Crippen LogP contribution in [-0.2, 0) is 4.79 Å². The van der Waals surface area contributed by atoms with Gasteiger partial charge in [0.2, 0.25) is 5.91 Å².